The second-order valence-electron chi connectivity index (χ2n) is 4.64. The van der Waals surface area contributed by atoms with Crippen molar-refractivity contribution < 1.29 is 14.0 Å². The number of Topliss-reactive ketones (excluding diaryl/α,β-unsaturated/α-hetero) is 1. The van der Waals surface area contributed by atoms with Gasteiger partial charge in [0.1, 0.15) is 6.54 Å². The van der Waals surface area contributed by atoms with E-state index in [2.05, 4.69) is 10.2 Å². The molecule has 0 aliphatic carbocycles. The molecule has 3 rings (SSSR count). The maximum Gasteiger partial charge on any atom is 0.299 e. The van der Waals surface area contributed by atoms with Crippen molar-refractivity contribution in [2.24, 2.45) is 0 Å². The van der Waals surface area contributed by atoms with Crippen molar-refractivity contribution in [3.8, 4) is 0 Å². The van der Waals surface area contributed by atoms with Crippen LogP contribution < -0.4 is 4.90 Å². The number of anilines is 1. The van der Waals surface area contributed by atoms with Crippen molar-refractivity contribution in [2.45, 2.75) is 26.8 Å². The molecule has 1 aliphatic heterocycles. The lowest BCUT2D eigenvalue weighted by Gasteiger charge is -2.13. The average Bonchev–Trinajstić information content (AvgIpc) is 2.96. The summed E-state index contributed by atoms with van der Waals surface area (Å²) in [6.07, 6.45) is 0.817. The van der Waals surface area contributed by atoms with Crippen LogP contribution in [0.5, 0.6) is 0 Å². The molecule has 6 nitrogen and oxygen atoms in total. The van der Waals surface area contributed by atoms with Gasteiger partial charge in [0.2, 0.25) is 11.8 Å². The van der Waals surface area contributed by atoms with E-state index in [1.807, 2.05) is 13.0 Å². The number of nitrogens with zero attached hydrogens (tertiary/aromatic N) is 3. The maximum absolute atomic E-state index is 12.1. The van der Waals surface area contributed by atoms with Gasteiger partial charge >= 0.3 is 0 Å². The summed E-state index contributed by atoms with van der Waals surface area (Å²) in [5.74, 6) is -0.286. The zero-order valence-corrected chi connectivity index (χ0v) is 11.2. The number of rotatable bonds is 3. The van der Waals surface area contributed by atoms with Crippen LogP contribution in [0.1, 0.15) is 34.6 Å². The summed E-state index contributed by atoms with van der Waals surface area (Å²) in [5, 5.41) is 7.57. The van der Waals surface area contributed by atoms with Crippen LogP contribution in [0.15, 0.2) is 22.6 Å². The molecule has 0 atom stereocenters. The van der Waals surface area contributed by atoms with Crippen molar-refractivity contribution >= 4 is 17.4 Å². The first-order valence-electron chi connectivity index (χ1n) is 6.38. The topological polar surface area (TPSA) is 76.3 Å². The minimum Gasteiger partial charge on any atom is -0.424 e. The Hall–Kier alpha value is -2.50. The predicted molar refractivity (Wildman–Crippen MR) is 70.4 cm³/mol. The summed E-state index contributed by atoms with van der Waals surface area (Å²) in [6.45, 7) is 3.79. The van der Waals surface area contributed by atoms with Crippen LogP contribution in [0.3, 0.4) is 0 Å². The van der Waals surface area contributed by atoms with E-state index in [0.717, 1.165) is 12.0 Å². The molecule has 0 unspecified atom stereocenters. The summed E-state index contributed by atoms with van der Waals surface area (Å²) < 4.78 is 5.26. The Labute approximate surface area is 115 Å². The molecule has 1 aromatic heterocycles. The van der Waals surface area contributed by atoms with Crippen LogP contribution in [-0.2, 0) is 17.8 Å². The van der Waals surface area contributed by atoms with Gasteiger partial charge in [-0.05, 0) is 24.1 Å². The molecule has 2 aromatic rings. The van der Waals surface area contributed by atoms with Crippen LogP contribution in [-0.4, -0.2) is 21.9 Å². The molecular weight excluding hydrogens is 258 g/mol. The molecule has 6 heteroatoms. The van der Waals surface area contributed by atoms with E-state index in [9.17, 15) is 9.59 Å². The molecule has 0 bridgehead atoms. The van der Waals surface area contributed by atoms with Gasteiger partial charge in [0, 0.05) is 6.92 Å². The van der Waals surface area contributed by atoms with Crippen molar-refractivity contribution in [2.75, 3.05) is 4.90 Å². The zero-order chi connectivity index (χ0) is 14.3. The van der Waals surface area contributed by atoms with Gasteiger partial charge in [-0.15, -0.1) is 10.2 Å². The number of fused-ring (bicyclic) bond motifs is 1. The van der Waals surface area contributed by atoms with E-state index >= 15 is 0 Å². The third-order valence-corrected chi connectivity index (χ3v) is 3.31. The lowest BCUT2D eigenvalue weighted by atomic mass is 10.1. The number of aromatic nitrogens is 2. The quantitative estimate of drug-likeness (QED) is 0.794. The average molecular weight is 271 g/mol. The fourth-order valence-electron chi connectivity index (χ4n) is 2.26. The highest BCUT2D eigenvalue weighted by atomic mass is 16.4. The maximum atomic E-state index is 12.1. The number of carbonyl (C=O) groups is 2. The molecular formula is C14H13N3O3. The second-order valence-corrected chi connectivity index (χ2v) is 4.64. The third kappa shape index (κ3) is 1.89. The standard InChI is InChI=1S/C14H13N3O3/c1-3-9-4-5-11-10(6-9)13(18)14(19)17(11)7-12-16-15-8(2)20-12/h4-6H,3,7H2,1-2H3. The summed E-state index contributed by atoms with van der Waals surface area (Å²) in [4.78, 5) is 25.5. The van der Waals surface area contributed by atoms with Gasteiger partial charge in [-0.25, -0.2) is 0 Å². The first-order chi connectivity index (χ1) is 9.60. The van der Waals surface area contributed by atoms with Gasteiger partial charge in [0.25, 0.3) is 11.7 Å². The number of hydrogen-bond donors (Lipinski definition) is 0. The molecule has 0 saturated carbocycles. The predicted octanol–water partition coefficient (Wildman–Crippen LogP) is 1.67. The smallest absolute Gasteiger partial charge is 0.299 e. The number of hydrogen-bond acceptors (Lipinski definition) is 5. The van der Waals surface area contributed by atoms with Crippen molar-refractivity contribution in [1.29, 1.82) is 0 Å². The Bertz CT molecular complexity index is 705. The van der Waals surface area contributed by atoms with Crippen LogP contribution in [0.4, 0.5) is 5.69 Å². The van der Waals surface area contributed by atoms with E-state index in [0.29, 0.717) is 23.0 Å². The monoisotopic (exact) mass is 271 g/mol. The molecule has 1 aliphatic rings. The molecule has 0 spiro atoms. The molecule has 0 saturated heterocycles. The van der Waals surface area contributed by atoms with Gasteiger partial charge in [0.15, 0.2) is 0 Å². The van der Waals surface area contributed by atoms with E-state index in [1.54, 1.807) is 19.1 Å². The summed E-state index contributed by atoms with van der Waals surface area (Å²) >= 11 is 0. The molecule has 1 amide bonds. The third-order valence-electron chi connectivity index (χ3n) is 3.31. The number of amides is 1. The SMILES string of the molecule is CCc1ccc2c(c1)C(=O)C(=O)N2Cc1nnc(C)o1. The van der Waals surface area contributed by atoms with E-state index < -0.39 is 11.7 Å². The van der Waals surface area contributed by atoms with Gasteiger partial charge in [-0.2, -0.15) is 0 Å². The Balaban J connectivity index is 1.98. The van der Waals surface area contributed by atoms with Gasteiger partial charge in [0.05, 0.1) is 11.3 Å². The Kier molecular flexibility index (Phi) is 2.85. The highest BCUT2D eigenvalue weighted by molar-refractivity contribution is 6.52. The molecule has 0 fully saturated rings. The van der Waals surface area contributed by atoms with Crippen LogP contribution in [0.25, 0.3) is 0 Å². The number of benzene rings is 1. The minimum atomic E-state index is -0.552. The first-order valence-corrected chi connectivity index (χ1v) is 6.38. The molecule has 2 heterocycles. The largest absolute Gasteiger partial charge is 0.424 e. The highest BCUT2D eigenvalue weighted by Crippen LogP contribution is 2.31. The second kappa shape index (κ2) is 4.56. The fraction of sp³-hybridized carbons (Fsp3) is 0.286. The first kappa shape index (κ1) is 12.5. The highest BCUT2D eigenvalue weighted by Gasteiger charge is 2.36. The Morgan fingerprint density at radius 3 is 2.70 bits per heavy atom. The normalized spacial score (nSPS) is 14.0. The number of aryl methyl sites for hydroxylation is 2. The van der Waals surface area contributed by atoms with Crippen LogP contribution in [0.2, 0.25) is 0 Å². The lowest BCUT2D eigenvalue weighted by Crippen LogP contribution is -2.29. The number of ketones is 1. The lowest BCUT2D eigenvalue weighted by molar-refractivity contribution is -0.114. The zero-order valence-electron chi connectivity index (χ0n) is 11.2. The summed E-state index contributed by atoms with van der Waals surface area (Å²) in [5.41, 5.74) is 2.08. The Morgan fingerprint density at radius 2 is 2.05 bits per heavy atom. The molecule has 0 radical (unpaired) electrons. The van der Waals surface area contributed by atoms with Crippen molar-refractivity contribution in [3.05, 3.63) is 41.1 Å². The molecule has 20 heavy (non-hydrogen) atoms. The summed E-state index contributed by atoms with van der Waals surface area (Å²) in [6, 6.07) is 5.48. The van der Waals surface area contributed by atoms with Gasteiger partial charge in [-0.1, -0.05) is 13.0 Å². The van der Waals surface area contributed by atoms with E-state index in [1.165, 1.54) is 4.90 Å². The van der Waals surface area contributed by atoms with E-state index in [-0.39, 0.29) is 6.54 Å². The van der Waals surface area contributed by atoms with Gasteiger partial charge < -0.3 is 4.42 Å². The van der Waals surface area contributed by atoms with Crippen LogP contribution in [0, 0.1) is 6.92 Å². The molecule has 1 aromatic carbocycles. The van der Waals surface area contributed by atoms with Crippen molar-refractivity contribution in [3.63, 3.8) is 0 Å². The molecule has 0 N–H and O–H groups in total. The fourth-order valence-corrected chi connectivity index (χ4v) is 2.26. The molecule has 102 valence electrons. The van der Waals surface area contributed by atoms with Crippen LogP contribution >= 0.6 is 0 Å². The number of carbonyl (C=O) groups excluding carboxylic acids is 2. The van der Waals surface area contributed by atoms with Crippen molar-refractivity contribution in [1.82, 2.24) is 10.2 Å². The summed E-state index contributed by atoms with van der Waals surface area (Å²) in [7, 11) is 0. The van der Waals surface area contributed by atoms with Gasteiger partial charge in [-0.3, -0.25) is 14.5 Å². The van der Waals surface area contributed by atoms with E-state index in [4.69, 9.17) is 4.42 Å². The Morgan fingerprint density at radius 1 is 1.25 bits per heavy atom. The minimum absolute atomic E-state index is 0.115.